The fraction of sp³-hybridized carbons (Fsp3) is 0.125. The third kappa shape index (κ3) is 2.73. The molecule has 22 heavy (non-hydrogen) atoms. The molecule has 1 heterocycles. The smallest absolute Gasteiger partial charge is 0.261 e. The van der Waals surface area contributed by atoms with Crippen LogP contribution in [0.3, 0.4) is 0 Å². The summed E-state index contributed by atoms with van der Waals surface area (Å²) in [7, 11) is 0. The summed E-state index contributed by atoms with van der Waals surface area (Å²) in [5.74, 6) is -0.451. The SMILES string of the molecule is O=c1c2ccc(F)cc2ncn1CC(O)c1ccccc1Cl. The highest BCUT2D eigenvalue weighted by Crippen LogP contribution is 2.23. The molecule has 6 heteroatoms. The van der Waals surface area contributed by atoms with Gasteiger partial charge in [-0.3, -0.25) is 9.36 Å². The van der Waals surface area contributed by atoms with E-state index >= 15 is 0 Å². The fourth-order valence-electron chi connectivity index (χ4n) is 2.29. The summed E-state index contributed by atoms with van der Waals surface area (Å²) in [6, 6.07) is 10.7. The fourth-order valence-corrected chi connectivity index (χ4v) is 2.55. The summed E-state index contributed by atoms with van der Waals surface area (Å²) in [5, 5.41) is 11.0. The van der Waals surface area contributed by atoms with Gasteiger partial charge in [0.05, 0.1) is 29.9 Å². The molecule has 0 amide bonds. The molecule has 0 saturated heterocycles. The van der Waals surface area contributed by atoms with E-state index in [0.29, 0.717) is 16.0 Å². The molecule has 1 aromatic heterocycles. The van der Waals surface area contributed by atoms with Crippen LogP contribution in [0.25, 0.3) is 10.9 Å². The second kappa shape index (κ2) is 5.87. The van der Waals surface area contributed by atoms with Crippen molar-refractivity contribution in [3.8, 4) is 0 Å². The lowest BCUT2D eigenvalue weighted by atomic mass is 10.1. The van der Waals surface area contributed by atoms with E-state index in [1.54, 1.807) is 24.3 Å². The highest BCUT2D eigenvalue weighted by atomic mass is 35.5. The number of rotatable bonds is 3. The summed E-state index contributed by atoms with van der Waals surface area (Å²) < 4.78 is 14.4. The van der Waals surface area contributed by atoms with Crippen LogP contribution < -0.4 is 5.56 Å². The van der Waals surface area contributed by atoms with Crippen molar-refractivity contribution < 1.29 is 9.50 Å². The van der Waals surface area contributed by atoms with E-state index in [1.807, 2.05) is 0 Å². The summed E-state index contributed by atoms with van der Waals surface area (Å²) in [5.41, 5.74) is 0.486. The Bertz CT molecular complexity index is 895. The van der Waals surface area contributed by atoms with Crippen LogP contribution in [0.15, 0.2) is 53.6 Å². The molecule has 4 nitrogen and oxygen atoms in total. The molecule has 1 unspecified atom stereocenters. The largest absolute Gasteiger partial charge is 0.386 e. The van der Waals surface area contributed by atoms with E-state index in [1.165, 1.54) is 29.1 Å². The van der Waals surface area contributed by atoms with Gasteiger partial charge in [0.2, 0.25) is 0 Å². The highest BCUT2D eigenvalue weighted by Gasteiger charge is 2.14. The van der Waals surface area contributed by atoms with Gasteiger partial charge in [0.1, 0.15) is 5.82 Å². The Labute approximate surface area is 130 Å². The van der Waals surface area contributed by atoms with Crippen LogP contribution in [-0.2, 0) is 6.54 Å². The molecule has 112 valence electrons. The van der Waals surface area contributed by atoms with Crippen molar-refractivity contribution in [2.45, 2.75) is 12.6 Å². The first-order valence-corrected chi connectivity index (χ1v) is 7.01. The van der Waals surface area contributed by atoms with Crippen molar-refractivity contribution >= 4 is 22.5 Å². The van der Waals surface area contributed by atoms with Gasteiger partial charge in [0.25, 0.3) is 5.56 Å². The highest BCUT2D eigenvalue weighted by molar-refractivity contribution is 6.31. The lowest BCUT2D eigenvalue weighted by Crippen LogP contribution is -2.24. The van der Waals surface area contributed by atoms with E-state index < -0.39 is 11.9 Å². The number of aliphatic hydroxyl groups excluding tert-OH is 1. The van der Waals surface area contributed by atoms with Gasteiger partial charge in [-0.15, -0.1) is 0 Å². The van der Waals surface area contributed by atoms with Gasteiger partial charge in [0.15, 0.2) is 0 Å². The number of hydrogen-bond acceptors (Lipinski definition) is 3. The molecule has 3 aromatic rings. The Hall–Kier alpha value is -2.24. The van der Waals surface area contributed by atoms with E-state index in [9.17, 15) is 14.3 Å². The quantitative estimate of drug-likeness (QED) is 0.808. The Morgan fingerprint density at radius 1 is 1.27 bits per heavy atom. The molecule has 0 saturated carbocycles. The minimum Gasteiger partial charge on any atom is -0.386 e. The molecule has 1 atom stereocenters. The van der Waals surface area contributed by atoms with Gasteiger partial charge < -0.3 is 5.11 Å². The van der Waals surface area contributed by atoms with Crippen molar-refractivity contribution in [1.82, 2.24) is 9.55 Å². The molecule has 2 aromatic carbocycles. The zero-order chi connectivity index (χ0) is 15.7. The lowest BCUT2D eigenvalue weighted by Gasteiger charge is -2.14. The van der Waals surface area contributed by atoms with Crippen LogP contribution in [0.1, 0.15) is 11.7 Å². The summed E-state index contributed by atoms with van der Waals surface area (Å²) in [6.07, 6.45) is 0.357. The number of aliphatic hydroxyl groups is 1. The number of hydrogen-bond donors (Lipinski definition) is 1. The minimum absolute atomic E-state index is 0.0167. The normalized spacial score (nSPS) is 12.5. The molecule has 3 rings (SSSR count). The second-order valence-corrected chi connectivity index (χ2v) is 5.31. The molecule has 0 aliphatic carbocycles. The van der Waals surface area contributed by atoms with Crippen LogP contribution in [0.2, 0.25) is 5.02 Å². The van der Waals surface area contributed by atoms with Gasteiger partial charge in [-0.05, 0) is 18.2 Å². The van der Waals surface area contributed by atoms with Gasteiger partial charge in [-0.25, -0.2) is 9.37 Å². The first-order valence-electron chi connectivity index (χ1n) is 6.63. The predicted octanol–water partition coefficient (Wildman–Crippen LogP) is 2.92. The van der Waals surface area contributed by atoms with Crippen LogP contribution in [0, 0.1) is 5.82 Å². The van der Waals surface area contributed by atoms with Crippen molar-refractivity contribution in [3.63, 3.8) is 0 Å². The van der Waals surface area contributed by atoms with Crippen molar-refractivity contribution in [2.75, 3.05) is 0 Å². The average molecular weight is 319 g/mol. The number of halogens is 2. The maximum atomic E-state index is 13.1. The van der Waals surface area contributed by atoms with Gasteiger partial charge in [-0.2, -0.15) is 0 Å². The van der Waals surface area contributed by atoms with E-state index in [2.05, 4.69) is 4.98 Å². The Morgan fingerprint density at radius 2 is 2.05 bits per heavy atom. The maximum absolute atomic E-state index is 13.1. The molecule has 0 spiro atoms. The second-order valence-electron chi connectivity index (χ2n) is 4.90. The molecule has 0 radical (unpaired) electrons. The van der Waals surface area contributed by atoms with E-state index in [0.717, 1.165) is 0 Å². The maximum Gasteiger partial charge on any atom is 0.261 e. The molecule has 1 N–H and O–H groups in total. The summed E-state index contributed by atoms with van der Waals surface area (Å²) in [4.78, 5) is 16.4. The first-order chi connectivity index (χ1) is 10.6. The van der Waals surface area contributed by atoms with Crippen molar-refractivity contribution in [2.24, 2.45) is 0 Å². The molecular formula is C16H12ClFN2O2. The Kier molecular flexibility index (Phi) is 3.92. The molecule has 0 bridgehead atoms. The zero-order valence-electron chi connectivity index (χ0n) is 11.4. The number of benzene rings is 2. The molecule has 0 aliphatic heterocycles. The summed E-state index contributed by atoms with van der Waals surface area (Å²) in [6.45, 7) is 0.0167. The van der Waals surface area contributed by atoms with Crippen molar-refractivity contribution in [1.29, 1.82) is 0 Å². The number of aromatic nitrogens is 2. The van der Waals surface area contributed by atoms with Crippen LogP contribution in [-0.4, -0.2) is 14.7 Å². The molecule has 0 fully saturated rings. The predicted molar refractivity (Wildman–Crippen MR) is 82.4 cm³/mol. The van der Waals surface area contributed by atoms with Gasteiger partial charge in [-0.1, -0.05) is 29.8 Å². The zero-order valence-corrected chi connectivity index (χ0v) is 12.2. The topological polar surface area (TPSA) is 55.1 Å². The van der Waals surface area contributed by atoms with Crippen LogP contribution in [0.4, 0.5) is 4.39 Å². The number of nitrogens with zero attached hydrogens (tertiary/aromatic N) is 2. The first kappa shape index (κ1) is 14.7. The third-order valence-electron chi connectivity index (χ3n) is 3.42. The van der Waals surface area contributed by atoms with Gasteiger partial charge >= 0.3 is 0 Å². The van der Waals surface area contributed by atoms with Crippen LogP contribution in [0.5, 0.6) is 0 Å². The monoisotopic (exact) mass is 318 g/mol. The standard InChI is InChI=1S/C16H12ClFN2O2/c17-13-4-2-1-3-11(13)15(21)8-20-9-19-14-7-10(18)5-6-12(14)16(20)22/h1-7,9,15,21H,8H2. The summed E-state index contributed by atoms with van der Waals surface area (Å²) >= 11 is 6.03. The molecular weight excluding hydrogens is 307 g/mol. The average Bonchev–Trinajstić information content (AvgIpc) is 2.50. The van der Waals surface area contributed by atoms with E-state index in [4.69, 9.17) is 11.6 Å². The number of fused-ring (bicyclic) bond motifs is 1. The minimum atomic E-state index is -0.939. The van der Waals surface area contributed by atoms with Gasteiger partial charge in [0, 0.05) is 16.7 Å². The Morgan fingerprint density at radius 3 is 2.82 bits per heavy atom. The van der Waals surface area contributed by atoms with Crippen LogP contribution >= 0.6 is 11.6 Å². The third-order valence-corrected chi connectivity index (χ3v) is 3.77. The van der Waals surface area contributed by atoms with E-state index in [-0.39, 0.29) is 17.6 Å². The van der Waals surface area contributed by atoms with Crippen molar-refractivity contribution in [3.05, 3.63) is 75.5 Å². The Balaban J connectivity index is 1.98. The molecule has 0 aliphatic rings. The lowest BCUT2D eigenvalue weighted by molar-refractivity contribution is 0.155.